The molecule has 8 bridgehead atoms. The van der Waals surface area contributed by atoms with Gasteiger partial charge < -0.3 is 40.6 Å². The van der Waals surface area contributed by atoms with E-state index in [1.54, 1.807) is 0 Å². The van der Waals surface area contributed by atoms with Crippen LogP contribution in [0.25, 0.3) is 32.2 Å². The number of amidine groups is 2. The number of nitrogens with zero attached hydrogens (tertiary/aromatic N) is 8. The van der Waals surface area contributed by atoms with E-state index in [1.807, 2.05) is 24.3 Å². The average molecular weight is 586 g/mol. The molecule has 4 fully saturated rings. The molecule has 209 valence electrons. The van der Waals surface area contributed by atoms with Gasteiger partial charge in [-0.3, -0.25) is 0 Å². The van der Waals surface area contributed by atoms with E-state index in [2.05, 4.69) is 49.9 Å². The largest absolute Gasteiger partial charge is 0.459 e. The fraction of sp³-hybridized carbons (Fsp3) is 0.312. The van der Waals surface area contributed by atoms with E-state index in [1.165, 1.54) is 0 Å². The third-order valence-electron chi connectivity index (χ3n) is 8.89. The molecule has 2 aromatic heterocycles. The van der Waals surface area contributed by atoms with E-state index >= 15 is 0 Å². The first-order chi connectivity index (χ1) is 19.8. The van der Waals surface area contributed by atoms with Crippen LogP contribution in [0.4, 0.5) is 11.6 Å². The van der Waals surface area contributed by atoms with Crippen LogP contribution in [-0.2, 0) is 17.1 Å². The molecule has 3 aliphatic heterocycles. The molecule has 4 aromatic rings. The first kappa shape index (κ1) is 25.3. The van der Waals surface area contributed by atoms with Gasteiger partial charge in [0, 0.05) is 33.9 Å². The van der Waals surface area contributed by atoms with Gasteiger partial charge in [0.1, 0.15) is 0 Å². The van der Waals surface area contributed by atoms with Crippen LogP contribution >= 0.6 is 0 Å². The van der Waals surface area contributed by atoms with Crippen molar-refractivity contribution in [1.82, 2.24) is 9.97 Å². The fourth-order valence-corrected chi connectivity index (χ4v) is 6.98. The van der Waals surface area contributed by atoms with Crippen LogP contribution in [0.1, 0.15) is 25.7 Å². The van der Waals surface area contributed by atoms with Crippen LogP contribution in [0.3, 0.4) is 0 Å². The molecule has 6 atom stereocenters. The first-order valence-corrected chi connectivity index (χ1v) is 14.2. The Hall–Kier alpha value is -3.42. The van der Waals surface area contributed by atoms with Crippen LogP contribution < -0.4 is 20.9 Å². The number of hydrogen-bond donors (Lipinski definition) is 0. The monoisotopic (exact) mass is 585 g/mol. The smallest absolute Gasteiger partial charge is 0.0169 e. The van der Waals surface area contributed by atoms with E-state index in [0.29, 0.717) is 22.6 Å². The normalized spacial score (nSPS) is 34.2. The molecular formula is C32H26CuN8-4. The summed E-state index contributed by atoms with van der Waals surface area (Å²) in [5.41, 5.74) is 1.38. The molecule has 9 rings (SSSR count). The molecule has 0 amide bonds. The summed E-state index contributed by atoms with van der Waals surface area (Å²) < 4.78 is 0. The van der Waals surface area contributed by atoms with Crippen molar-refractivity contribution in [2.75, 3.05) is 0 Å². The van der Waals surface area contributed by atoms with E-state index < -0.39 is 0 Å². The van der Waals surface area contributed by atoms with Crippen LogP contribution in [0.5, 0.6) is 0 Å². The number of fused-ring (bicyclic) bond motifs is 20. The Bertz CT molecular complexity index is 1710. The Morgan fingerprint density at radius 1 is 0.537 bits per heavy atom. The Balaban J connectivity index is 0.00000256. The number of aliphatic imine (C=N–C) groups is 2. The van der Waals surface area contributed by atoms with Crippen molar-refractivity contribution < 1.29 is 17.1 Å². The molecule has 2 saturated heterocycles. The summed E-state index contributed by atoms with van der Waals surface area (Å²) in [6, 6.07) is 16.4. The minimum Gasteiger partial charge on any atom is -0.459 e. The summed E-state index contributed by atoms with van der Waals surface area (Å²) in [5.74, 6) is 3.40. The molecule has 6 unspecified atom stereocenters. The van der Waals surface area contributed by atoms with Gasteiger partial charge in [0.25, 0.3) is 0 Å². The molecule has 2 aliphatic carbocycles. The van der Waals surface area contributed by atoms with E-state index in [0.717, 1.165) is 58.9 Å². The van der Waals surface area contributed by atoms with E-state index in [-0.39, 0.29) is 53.1 Å². The number of benzene rings is 2. The van der Waals surface area contributed by atoms with E-state index in [4.69, 9.17) is 40.6 Å². The quantitative estimate of drug-likeness (QED) is 0.264. The third kappa shape index (κ3) is 4.00. The Morgan fingerprint density at radius 2 is 0.976 bits per heavy atom. The first-order valence-electron chi connectivity index (χ1n) is 14.2. The Morgan fingerprint density at radius 3 is 1.46 bits per heavy atom. The van der Waals surface area contributed by atoms with Gasteiger partial charge >= 0.3 is 0 Å². The van der Waals surface area contributed by atoms with Crippen molar-refractivity contribution in [2.45, 2.75) is 38.0 Å². The van der Waals surface area contributed by atoms with Crippen molar-refractivity contribution in [2.24, 2.45) is 43.6 Å². The average Bonchev–Trinajstić information content (AvgIpc) is 3.73. The second-order valence-corrected chi connectivity index (χ2v) is 11.2. The van der Waals surface area contributed by atoms with Crippen molar-refractivity contribution in [3.63, 3.8) is 0 Å². The summed E-state index contributed by atoms with van der Waals surface area (Å²) in [7, 11) is 0. The Labute approximate surface area is 248 Å². The van der Waals surface area contributed by atoms with Gasteiger partial charge in [0.05, 0.1) is 0 Å². The molecule has 5 aliphatic rings. The topological polar surface area (TPSA) is 106 Å². The molecule has 2 saturated carbocycles. The maximum absolute atomic E-state index is 5.16. The molecule has 0 N–H and O–H groups in total. The molecule has 8 nitrogen and oxygen atoms in total. The van der Waals surface area contributed by atoms with Crippen molar-refractivity contribution in [1.29, 1.82) is 0 Å². The van der Waals surface area contributed by atoms with Crippen molar-refractivity contribution in [3.8, 4) is 0 Å². The summed E-state index contributed by atoms with van der Waals surface area (Å²) >= 11 is 0. The fourth-order valence-electron chi connectivity index (χ4n) is 6.98. The van der Waals surface area contributed by atoms with Crippen LogP contribution in [-0.4, -0.2) is 24.0 Å². The Kier molecular flexibility index (Phi) is 6.08. The van der Waals surface area contributed by atoms with Gasteiger partial charge in [-0.15, -0.1) is 0 Å². The molecule has 5 heterocycles. The molecular weight excluding hydrogens is 560 g/mol. The predicted molar refractivity (Wildman–Crippen MR) is 155 cm³/mol. The van der Waals surface area contributed by atoms with Gasteiger partial charge in [-0.2, -0.15) is 0 Å². The SMILES string of the molecule is [CH]1CC[CH]C2C3/N=c4\[n-]/c(c5ccccc45)=N\C4[N-]/C(=N\c5[n-]c(c6ccccc56)/N=C(\[N-]3)C12)C1[CH]CC[CH]C41.[Cu]. The summed E-state index contributed by atoms with van der Waals surface area (Å²) in [6.45, 7) is 0. The van der Waals surface area contributed by atoms with Gasteiger partial charge in [0.15, 0.2) is 0 Å². The van der Waals surface area contributed by atoms with Gasteiger partial charge in [-0.05, 0) is 121 Å². The number of aromatic nitrogens is 2. The summed E-state index contributed by atoms with van der Waals surface area (Å²) in [6.07, 6.45) is 12.9. The zero-order valence-electron chi connectivity index (χ0n) is 22.1. The second kappa shape index (κ2) is 9.85. The van der Waals surface area contributed by atoms with Crippen LogP contribution in [0, 0.1) is 49.4 Å². The van der Waals surface area contributed by atoms with Crippen LogP contribution in [0.2, 0.25) is 0 Å². The van der Waals surface area contributed by atoms with Crippen LogP contribution in [0.15, 0.2) is 68.5 Å². The second-order valence-electron chi connectivity index (χ2n) is 11.2. The van der Waals surface area contributed by atoms with Gasteiger partial charge in [0.2, 0.25) is 0 Å². The zero-order valence-corrected chi connectivity index (χ0v) is 23.0. The third-order valence-corrected chi connectivity index (χ3v) is 8.89. The standard InChI is InChI=1S/C32H26N8.Cu/c1-2-10-18-17(9-1)25-33-26(18)38-28-21-13-5-6-14-22(21)30(35-28)40-32-24-16-8-7-15-23(24)31(36-32)39-29-20-12-4-3-11-19(20)27(34-29)37-25;/h1-2,7-16,19-22,27-28H,3-6H2;/q-4;. The number of hydrogen-bond acceptors (Lipinski definition) is 4. The molecule has 9 heteroatoms. The number of rotatable bonds is 0. The summed E-state index contributed by atoms with van der Waals surface area (Å²) in [4.78, 5) is 30.5. The van der Waals surface area contributed by atoms with Crippen molar-refractivity contribution in [3.05, 3.63) is 95.8 Å². The molecule has 5 radical (unpaired) electrons. The minimum absolute atomic E-state index is 0. The van der Waals surface area contributed by atoms with Gasteiger partial charge in [-0.1, -0.05) is 54.4 Å². The van der Waals surface area contributed by atoms with Gasteiger partial charge in [-0.25, -0.2) is 0 Å². The molecule has 2 aromatic carbocycles. The minimum atomic E-state index is -0.286. The van der Waals surface area contributed by atoms with Crippen molar-refractivity contribution >= 4 is 44.9 Å². The maximum atomic E-state index is 5.16. The summed E-state index contributed by atoms with van der Waals surface area (Å²) in [5, 5.41) is 14.1. The van der Waals surface area contributed by atoms with E-state index in [9.17, 15) is 0 Å². The molecule has 0 spiro atoms. The predicted octanol–water partition coefficient (Wildman–Crippen LogP) is 5.21. The molecule has 41 heavy (non-hydrogen) atoms. The zero-order chi connectivity index (χ0) is 26.2. The maximum Gasteiger partial charge on any atom is 0.0169 e.